The Morgan fingerprint density at radius 3 is 2.77 bits per heavy atom. The molecule has 0 fully saturated rings. The van der Waals surface area contributed by atoms with Crippen molar-refractivity contribution < 1.29 is 9.59 Å². The van der Waals surface area contributed by atoms with E-state index < -0.39 is 0 Å². The zero-order valence-electron chi connectivity index (χ0n) is 6.63. The number of hydrogen-bond acceptors (Lipinski definition) is 2. The highest BCUT2D eigenvalue weighted by Gasteiger charge is 2.24. The number of fused-ring (bicyclic) bond motifs is 1. The van der Waals surface area contributed by atoms with Gasteiger partial charge in [0.05, 0.1) is 12.1 Å². The van der Waals surface area contributed by atoms with Gasteiger partial charge in [0.15, 0.2) is 5.78 Å². The molecule has 4 heteroatoms. The van der Waals surface area contributed by atoms with Crippen LogP contribution in [0.3, 0.4) is 0 Å². The van der Waals surface area contributed by atoms with Gasteiger partial charge in [-0.2, -0.15) is 0 Å². The maximum Gasteiger partial charge on any atom is 0.253 e. The van der Waals surface area contributed by atoms with E-state index in [-0.39, 0.29) is 18.2 Å². The number of amides is 1. The highest BCUT2D eigenvalue weighted by Crippen LogP contribution is 2.22. The predicted molar refractivity (Wildman–Crippen MR) is 50.8 cm³/mol. The minimum absolute atomic E-state index is 0.0455. The molecular weight excluding hydrogens is 234 g/mol. The summed E-state index contributed by atoms with van der Waals surface area (Å²) in [4.78, 5) is 22.7. The van der Waals surface area contributed by atoms with Crippen LogP contribution in [-0.2, 0) is 0 Å². The molecule has 0 aliphatic carbocycles. The minimum Gasteiger partial charge on any atom is -0.345 e. The first-order valence-corrected chi connectivity index (χ1v) is 4.59. The first kappa shape index (κ1) is 8.44. The van der Waals surface area contributed by atoms with Crippen LogP contribution in [0.2, 0.25) is 0 Å². The lowest BCUT2D eigenvalue weighted by Gasteiger charge is -2.15. The molecule has 0 aromatic heterocycles. The molecule has 13 heavy (non-hydrogen) atoms. The second-order valence-electron chi connectivity index (χ2n) is 2.77. The van der Waals surface area contributed by atoms with Gasteiger partial charge in [-0.05, 0) is 22.0 Å². The van der Waals surface area contributed by atoms with Gasteiger partial charge in [0.25, 0.3) is 5.91 Å². The molecule has 0 bridgehead atoms. The van der Waals surface area contributed by atoms with Crippen molar-refractivity contribution in [3.05, 3.63) is 33.8 Å². The van der Waals surface area contributed by atoms with Crippen molar-refractivity contribution in [2.45, 2.75) is 0 Å². The quantitative estimate of drug-likeness (QED) is 0.744. The highest BCUT2D eigenvalue weighted by atomic mass is 79.9. The van der Waals surface area contributed by atoms with Crippen LogP contribution in [0.25, 0.3) is 0 Å². The minimum atomic E-state index is -0.193. The second-order valence-corrected chi connectivity index (χ2v) is 3.62. The first-order valence-electron chi connectivity index (χ1n) is 3.80. The summed E-state index contributed by atoms with van der Waals surface area (Å²) in [5.74, 6) is -0.238. The number of halogens is 1. The molecule has 1 amide bonds. The van der Waals surface area contributed by atoms with E-state index >= 15 is 0 Å². The molecule has 3 nitrogen and oxygen atoms in total. The molecule has 0 unspecified atom stereocenters. The standard InChI is InChI=1S/C9H6BrNO2/c10-6-3-1-2-5-7(12)4-11-9(13)8(5)6/h1-3H,4H2,(H,11,13). The lowest BCUT2D eigenvalue weighted by atomic mass is 10.00. The number of rotatable bonds is 0. The Labute approximate surface area is 83.3 Å². The average molecular weight is 240 g/mol. The van der Waals surface area contributed by atoms with Gasteiger partial charge in [-0.3, -0.25) is 9.59 Å². The number of Topliss-reactive ketones (excluding diaryl/α,β-unsaturated/α-hetero) is 1. The number of ketones is 1. The van der Waals surface area contributed by atoms with Gasteiger partial charge < -0.3 is 5.32 Å². The lowest BCUT2D eigenvalue weighted by Crippen LogP contribution is -2.36. The Morgan fingerprint density at radius 2 is 2.08 bits per heavy atom. The normalized spacial score (nSPS) is 15.2. The Hall–Kier alpha value is -1.16. The number of hydrogen-bond donors (Lipinski definition) is 1. The molecule has 1 aliphatic rings. The molecule has 0 radical (unpaired) electrons. The fourth-order valence-electron chi connectivity index (χ4n) is 1.33. The fourth-order valence-corrected chi connectivity index (χ4v) is 1.88. The van der Waals surface area contributed by atoms with Crippen LogP contribution in [0.4, 0.5) is 0 Å². The molecule has 0 saturated heterocycles. The average Bonchev–Trinajstić information content (AvgIpc) is 2.12. The zero-order chi connectivity index (χ0) is 9.42. The molecular formula is C9H6BrNO2. The van der Waals surface area contributed by atoms with Gasteiger partial charge in [0.2, 0.25) is 0 Å². The van der Waals surface area contributed by atoms with Gasteiger partial charge >= 0.3 is 0 Å². The first-order chi connectivity index (χ1) is 6.20. The maximum atomic E-state index is 11.4. The van der Waals surface area contributed by atoms with Crippen LogP contribution in [0.15, 0.2) is 22.7 Å². The summed E-state index contributed by atoms with van der Waals surface area (Å²) in [6.45, 7) is 0.0995. The van der Waals surface area contributed by atoms with Crippen molar-refractivity contribution in [3.63, 3.8) is 0 Å². The van der Waals surface area contributed by atoms with Crippen LogP contribution in [-0.4, -0.2) is 18.2 Å². The van der Waals surface area contributed by atoms with Crippen LogP contribution < -0.4 is 5.32 Å². The highest BCUT2D eigenvalue weighted by molar-refractivity contribution is 9.10. The molecule has 1 aromatic carbocycles. The lowest BCUT2D eigenvalue weighted by molar-refractivity contribution is 0.0876. The number of carbonyl (C=O) groups is 2. The number of benzene rings is 1. The van der Waals surface area contributed by atoms with E-state index in [9.17, 15) is 9.59 Å². The van der Waals surface area contributed by atoms with E-state index in [1.165, 1.54) is 0 Å². The SMILES string of the molecule is O=C1CNC(=O)c2c(Br)cccc21. The van der Waals surface area contributed by atoms with Gasteiger partial charge in [0, 0.05) is 10.0 Å². The Bertz CT molecular complexity index is 401. The summed E-state index contributed by atoms with van der Waals surface area (Å²) >= 11 is 3.24. The van der Waals surface area contributed by atoms with Crippen molar-refractivity contribution in [3.8, 4) is 0 Å². The monoisotopic (exact) mass is 239 g/mol. The number of nitrogens with one attached hydrogen (secondary N) is 1. The van der Waals surface area contributed by atoms with Gasteiger partial charge in [-0.1, -0.05) is 12.1 Å². The van der Waals surface area contributed by atoms with E-state index in [4.69, 9.17) is 0 Å². The molecule has 66 valence electrons. The molecule has 1 aliphatic heterocycles. The molecule has 2 rings (SSSR count). The Balaban J connectivity index is 2.70. The summed E-state index contributed by atoms with van der Waals surface area (Å²) in [7, 11) is 0. The zero-order valence-corrected chi connectivity index (χ0v) is 8.22. The smallest absolute Gasteiger partial charge is 0.253 e. The fraction of sp³-hybridized carbons (Fsp3) is 0.111. The molecule has 1 N–H and O–H groups in total. The van der Waals surface area contributed by atoms with E-state index in [0.717, 1.165) is 0 Å². The van der Waals surface area contributed by atoms with Gasteiger partial charge in [-0.15, -0.1) is 0 Å². The van der Waals surface area contributed by atoms with Crippen molar-refractivity contribution in [2.24, 2.45) is 0 Å². The topological polar surface area (TPSA) is 46.2 Å². The predicted octanol–water partition coefficient (Wildman–Crippen LogP) is 1.38. The van der Waals surface area contributed by atoms with Crippen molar-refractivity contribution in [1.82, 2.24) is 5.32 Å². The van der Waals surface area contributed by atoms with Gasteiger partial charge in [-0.25, -0.2) is 0 Å². The third kappa shape index (κ3) is 1.27. The Morgan fingerprint density at radius 1 is 1.31 bits per heavy atom. The van der Waals surface area contributed by atoms with E-state index in [2.05, 4.69) is 21.2 Å². The summed E-state index contributed by atoms with van der Waals surface area (Å²) in [6.07, 6.45) is 0. The second kappa shape index (κ2) is 2.96. The molecule has 0 spiro atoms. The number of carbonyl (C=O) groups excluding carboxylic acids is 2. The molecule has 1 heterocycles. The third-order valence-corrected chi connectivity index (χ3v) is 2.61. The van der Waals surface area contributed by atoms with Crippen molar-refractivity contribution in [1.29, 1.82) is 0 Å². The van der Waals surface area contributed by atoms with Crippen molar-refractivity contribution >= 4 is 27.6 Å². The van der Waals surface area contributed by atoms with Crippen LogP contribution in [0.5, 0.6) is 0 Å². The van der Waals surface area contributed by atoms with Crippen LogP contribution >= 0.6 is 15.9 Å². The van der Waals surface area contributed by atoms with E-state index in [0.29, 0.717) is 15.6 Å². The van der Waals surface area contributed by atoms with Gasteiger partial charge in [0.1, 0.15) is 0 Å². The van der Waals surface area contributed by atoms with Crippen LogP contribution in [0.1, 0.15) is 20.7 Å². The van der Waals surface area contributed by atoms with Crippen LogP contribution in [0, 0.1) is 0 Å². The largest absolute Gasteiger partial charge is 0.345 e. The third-order valence-electron chi connectivity index (χ3n) is 1.95. The Kier molecular flexibility index (Phi) is 1.92. The van der Waals surface area contributed by atoms with E-state index in [1.807, 2.05) is 0 Å². The maximum absolute atomic E-state index is 11.4. The summed E-state index contributed by atoms with van der Waals surface area (Å²) in [5.41, 5.74) is 0.942. The molecule has 1 aromatic rings. The van der Waals surface area contributed by atoms with E-state index in [1.54, 1.807) is 18.2 Å². The molecule has 0 atom stereocenters. The van der Waals surface area contributed by atoms with Crippen molar-refractivity contribution in [2.75, 3.05) is 6.54 Å². The summed E-state index contributed by atoms with van der Waals surface area (Å²) < 4.78 is 0.663. The summed E-state index contributed by atoms with van der Waals surface area (Å²) in [5, 5.41) is 2.51. The summed E-state index contributed by atoms with van der Waals surface area (Å²) in [6, 6.07) is 5.16. The molecule has 0 saturated carbocycles.